The van der Waals surface area contributed by atoms with Crippen LogP contribution < -0.4 is 10.6 Å². The van der Waals surface area contributed by atoms with E-state index in [4.69, 9.17) is 0 Å². The molecule has 0 bridgehead atoms. The molecule has 0 saturated heterocycles. The monoisotopic (exact) mass is 268 g/mol. The Hall–Kier alpha value is -1.49. The van der Waals surface area contributed by atoms with Crippen molar-refractivity contribution >= 4 is 5.91 Å². The van der Waals surface area contributed by atoms with Crippen LogP contribution in [0, 0.1) is 17.6 Å². The summed E-state index contributed by atoms with van der Waals surface area (Å²) in [6, 6.07) is 3.97. The molecule has 0 aromatic heterocycles. The first-order chi connectivity index (χ1) is 9.04. The Labute approximate surface area is 111 Å². The summed E-state index contributed by atoms with van der Waals surface area (Å²) in [5.41, 5.74) is 0.0457. The third kappa shape index (κ3) is 3.10. The zero-order valence-electron chi connectivity index (χ0n) is 11.0. The maximum Gasteiger partial charge on any atom is 0.223 e. The molecule has 2 rings (SSSR count). The van der Waals surface area contributed by atoms with Gasteiger partial charge in [-0.3, -0.25) is 4.79 Å². The van der Waals surface area contributed by atoms with Crippen LogP contribution in [0.5, 0.6) is 0 Å². The molecular formula is C14H18F2N2O. The van der Waals surface area contributed by atoms with E-state index in [9.17, 15) is 13.6 Å². The lowest BCUT2D eigenvalue weighted by Gasteiger charge is -2.11. The first-order valence-electron chi connectivity index (χ1n) is 6.43. The minimum absolute atomic E-state index is 0.0457. The van der Waals surface area contributed by atoms with Gasteiger partial charge in [-0.15, -0.1) is 0 Å². The Morgan fingerprint density at radius 3 is 2.63 bits per heavy atom. The van der Waals surface area contributed by atoms with Crippen molar-refractivity contribution in [3.8, 4) is 0 Å². The molecule has 2 N–H and O–H groups in total. The van der Waals surface area contributed by atoms with Gasteiger partial charge in [0.15, 0.2) is 0 Å². The molecule has 3 atom stereocenters. The molecule has 5 heteroatoms. The van der Waals surface area contributed by atoms with Crippen LogP contribution in [0.15, 0.2) is 18.2 Å². The fourth-order valence-corrected chi connectivity index (χ4v) is 2.16. The van der Waals surface area contributed by atoms with Gasteiger partial charge in [0.25, 0.3) is 0 Å². The molecule has 1 aromatic carbocycles. The topological polar surface area (TPSA) is 41.1 Å². The molecular weight excluding hydrogens is 250 g/mol. The van der Waals surface area contributed by atoms with E-state index in [1.165, 1.54) is 18.2 Å². The van der Waals surface area contributed by atoms with Crippen molar-refractivity contribution in [2.45, 2.75) is 25.3 Å². The van der Waals surface area contributed by atoms with Gasteiger partial charge in [0.05, 0.1) is 0 Å². The summed E-state index contributed by atoms with van der Waals surface area (Å²) >= 11 is 0. The largest absolute Gasteiger partial charge is 0.354 e. The van der Waals surface area contributed by atoms with E-state index >= 15 is 0 Å². The van der Waals surface area contributed by atoms with Crippen LogP contribution in [0.2, 0.25) is 0 Å². The Morgan fingerprint density at radius 2 is 2.05 bits per heavy atom. The van der Waals surface area contributed by atoms with Crippen LogP contribution >= 0.6 is 0 Å². The lowest BCUT2D eigenvalue weighted by atomic mass is 10.1. The summed E-state index contributed by atoms with van der Waals surface area (Å²) < 4.78 is 27.1. The Morgan fingerprint density at radius 1 is 1.42 bits per heavy atom. The highest BCUT2D eigenvalue weighted by Gasteiger charge is 2.46. The average molecular weight is 268 g/mol. The van der Waals surface area contributed by atoms with Crippen LogP contribution in [-0.4, -0.2) is 25.5 Å². The van der Waals surface area contributed by atoms with E-state index in [1.807, 2.05) is 14.0 Å². The average Bonchev–Trinajstić information content (AvgIpc) is 3.15. The summed E-state index contributed by atoms with van der Waals surface area (Å²) in [6.45, 7) is 2.46. The standard InChI is InChI=1S/C14H18F2N2O/c1-8(17-2)7-18-14(19)10-6-9(10)13-11(15)4-3-5-12(13)16/h3-5,8-10,17H,6-7H2,1-2H3,(H,18,19). The maximum absolute atomic E-state index is 13.6. The van der Waals surface area contributed by atoms with Gasteiger partial charge >= 0.3 is 0 Å². The molecule has 1 aliphatic carbocycles. The quantitative estimate of drug-likeness (QED) is 0.855. The summed E-state index contributed by atoms with van der Waals surface area (Å²) in [5.74, 6) is -1.90. The fourth-order valence-electron chi connectivity index (χ4n) is 2.16. The molecule has 3 nitrogen and oxygen atoms in total. The van der Waals surface area contributed by atoms with Crippen LogP contribution in [0.25, 0.3) is 0 Å². The summed E-state index contributed by atoms with van der Waals surface area (Å²) in [6.07, 6.45) is 0.512. The number of hydrogen-bond donors (Lipinski definition) is 2. The summed E-state index contributed by atoms with van der Waals surface area (Å²) in [5, 5.41) is 5.79. The zero-order chi connectivity index (χ0) is 14.0. The highest BCUT2D eigenvalue weighted by atomic mass is 19.1. The Kier molecular flexibility index (Phi) is 4.14. The molecule has 1 saturated carbocycles. The second-order valence-electron chi connectivity index (χ2n) is 5.02. The first-order valence-corrected chi connectivity index (χ1v) is 6.43. The van der Waals surface area contributed by atoms with Gasteiger partial charge in [0.1, 0.15) is 11.6 Å². The van der Waals surface area contributed by atoms with Crippen molar-refractivity contribution in [3.05, 3.63) is 35.4 Å². The van der Waals surface area contributed by atoms with Crippen LogP contribution in [-0.2, 0) is 4.79 Å². The highest BCUT2D eigenvalue weighted by molar-refractivity contribution is 5.82. The third-order valence-corrected chi connectivity index (χ3v) is 3.57. The van der Waals surface area contributed by atoms with Crippen molar-refractivity contribution in [2.24, 2.45) is 5.92 Å². The van der Waals surface area contributed by atoms with E-state index in [-0.39, 0.29) is 29.3 Å². The minimum Gasteiger partial charge on any atom is -0.354 e. The second kappa shape index (κ2) is 5.65. The van der Waals surface area contributed by atoms with E-state index in [0.29, 0.717) is 13.0 Å². The maximum atomic E-state index is 13.6. The molecule has 0 spiro atoms. The first kappa shape index (κ1) is 13.9. The molecule has 0 radical (unpaired) electrons. The summed E-state index contributed by atoms with van der Waals surface area (Å²) in [7, 11) is 1.81. The van der Waals surface area contributed by atoms with Gasteiger partial charge in [-0.25, -0.2) is 8.78 Å². The SMILES string of the molecule is CNC(C)CNC(=O)C1CC1c1c(F)cccc1F. The molecule has 1 fully saturated rings. The van der Waals surface area contributed by atoms with Crippen LogP contribution in [0.3, 0.4) is 0 Å². The third-order valence-electron chi connectivity index (χ3n) is 3.57. The number of nitrogens with one attached hydrogen (secondary N) is 2. The fraction of sp³-hybridized carbons (Fsp3) is 0.500. The molecule has 0 heterocycles. The van der Waals surface area contributed by atoms with Gasteiger partial charge in [0.2, 0.25) is 5.91 Å². The Balaban J connectivity index is 1.95. The van der Waals surface area contributed by atoms with Gasteiger partial charge < -0.3 is 10.6 Å². The number of likely N-dealkylation sites (N-methyl/N-ethyl adjacent to an activating group) is 1. The predicted molar refractivity (Wildman–Crippen MR) is 68.7 cm³/mol. The van der Waals surface area contributed by atoms with Crippen molar-refractivity contribution in [2.75, 3.05) is 13.6 Å². The minimum atomic E-state index is -0.566. The second-order valence-corrected chi connectivity index (χ2v) is 5.02. The molecule has 1 aliphatic rings. The van der Waals surface area contributed by atoms with Crippen LogP contribution in [0.1, 0.15) is 24.8 Å². The number of rotatable bonds is 5. The zero-order valence-corrected chi connectivity index (χ0v) is 11.0. The lowest BCUT2D eigenvalue weighted by molar-refractivity contribution is -0.122. The number of halogens is 2. The predicted octanol–water partition coefficient (Wildman–Crippen LogP) is 1.79. The lowest BCUT2D eigenvalue weighted by Crippen LogP contribution is -2.38. The smallest absolute Gasteiger partial charge is 0.223 e. The van der Waals surface area contributed by atoms with Gasteiger partial charge in [-0.05, 0) is 32.5 Å². The van der Waals surface area contributed by atoms with Gasteiger partial charge in [-0.1, -0.05) is 6.07 Å². The van der Waals surface area contributed by atoms with E-state index < -0.39 is 11.6 Å². The van der Waals surface area contributed by atoms with E-state index in [1.54, 1.807) is 0 Å². The Bertz CT molecular complexity index is 458. The highest BCUT2D eigenvalue weighted by Crippen LogP contribution is 2.49. The van der Waals surface area contributed by atoms with Crippen LogP contribution in [0.4, 0.5) is 8.78 Å². The number of hydrogen-bond acceptors (Lipinski definition) is 2. The molecule has 1 aromatic rings. The molecule has 0 aliphatic heterocycles. The number of amides is 1. The summed E-state index contributed by atoms with van der Waals surface area (Å²) in [4.78, 5) is 11.8. The van der Waals surface area contributed by atoms with Crippen molar-refractivity contribution in [1.82, 2.24) is 10.6 Å². The normalized spacial score (nSPS) is 22.9. The van der Waals surface area contributed by atoms with E-state index in [0.717, 1.165) is 0 Å². The number of benzene rings is 1. The van der Waals surface area contributed by atoms with Crippen molar-refractivity contribution in [3.63, 3.8) is 0 Å². The number of carbonyl (C=O) groups excluding carboxylic acids is 1. The number of carbonyl (C=O) groups is 1. The molecule has 1 amide bonds. The van der Waals surface area contributed by atoms with Gasteiger partial charge in [-0.2, -0.15) is 0 Å². The van der Waals surface area contributed by atoms with Gasteiger partial charge in [0, 0.05) is 30.0 Å². The van der Waals surface area contributed by atoms with Crippen molar-refractivity contribution < 1.29 is 13.6 Å². The molecule has 3 unspecified atom stereocenters. The molecule has 19 heavy (non-hydrogen) atoms. The molecule has 104 valence electrons. The van der Waals surface area contributed by atoms with Crippen molar-refractivity contribution in [1.29, 1.82) is 0 Å². The van der Waals surface area contributed by atoms with E-state index in [2.05, 4.69) is 10.6 Å².